The van der Waals surface area contributed by atoms with Crippen LogP contribution >= 0.6 is 11.6 Å². The minimum atomic E-state index is -0.236. The number of piperazine rings is 1. The van der Waals surface area contributed by atoms with Gasteiger partial charge in [-0.3, -0.25) is 10.6 Å². The quantitative estimate of drug-likeness (QED) is 0.258. The molecule has 0 spiro atoms. The minimum absolute atomic E-state index is 0.00649. The zero-order valence-corrected chi connectivity index (χ0v) is 24.5. The van der Waals surface area contributed by atoms with Crippen LogP contribution in [-0.2, 0) is 16.2 Å². The number of nitrogens with one attached hydrogen (secondary N) is 1. The van der Waals surface area contributed by atoms with Crippen LogP contribution in [-0.4, -0.2) is 46.7 Å². The Morgan fingerprint density at radius 3 is 2.08 bits per heavy atom. The van der Waals surface area contributed by atoms with Gasteiger partial charge in [0.15, 0.2) is 0 Å². The molecule has 0 aliphatic carbocycles. The van der Waals surface area contributed by atoms with Gasteiger partial charge < -0.3 is 9.80 Å². The van der Waals surface area contributed by atoms with Crippen molar-refractivity contribution < 1.29 is 5.21 Å². The summed E-state index contributed by atoms with van der Waals surface area (Å²) in [5.41, 5.74) is 3.86. The molecular formula is C29H44ClN5O. The second-order valence-electron chi connectivity index (χ2n) is 13.1. The maximum absolute atomic E-state index is 11.5. The molecule has 3 rings (SSSR count). The van der Waals surface area contributed by atoms with Crippen LogP contribution in [0.2, 0.25) is 5.02 Å². The fourth-order valence-electron chi connectivity index (χ4n) is 5.24. The fourth-order valence-corrected chi connectivity index (χ4v) is 5.48. The van der Waals surface area contributed by atoms with E-state index in [1.807, 2.05) is 23.1 Å². The van der Waals surface area contributed by atoms with Gasteiger partial charge in [0.25, 0.3) is 0 Å². The number of benzene rings is 1. The summed E-state index contributed by atoms with van der Waals surface area (Å²) in [4.78, 5) is 8.55. The lowest BCUT2D eigenvalue weighted by Gasteiger charge is -2.44. The van der Waals surface area contributed by atoms with Gasteiger partial charge in [0, 0.05) is 31.9 Å². The summed E-state index contributed by atoms with van der Waals surface area (Å²) in [6.45, 7) is 23.9. The molecule has 36 heavy (non-hydrogen) atoms. The molecule has 7 heteroatoms. The van der Waals surface area contributed by atoms with Gasteiger partial charge in [0.2, 0.25) is 5.96 Å². The number of nitrogens with zero attached hydrogens (tertiary/aromatic N) is 4. The Balaban J connectivity index is 2.00. The molecule has 6 nitrogen and oxygen atoms in total. The van der Waals surface area contributed by atoms with E-state index in [9.17, 15) is 5.21 Å². The summed E-state index contributed by atoms with van der Waals surface area (Å²) >= 11 is 6.38. The largest absolute Gasteiger partial charge is 0.352 e. The Kier molecular flexibility index (Phi) is 7.74. The number of pyridine rings is 1. The molecule has 1 aromatic carbocycles. The maximum Gasteiger partial charge on any atom is 0.223 e. The lowest BCUT2D eigenvalue weighted by molar-refractivity contribution is 0.241. The Bertz CT molecular complexity index is 1110. The molecule has 1 unspecified atom stereocenters. The van der Waals surface area contributed by atoms with Gasteiger partial charge in [-0.05, 0) is 58.1 Å². The number of anilines is 2. The van der Waals surface area contributed by atoms with Crippen molar-refractivity contribution in [3.63, 3.8) is 0 Å². The summed E-state index contributed by atoms with van der Waals surface area (Å²) in [6.07, 6.45) is 1.75. The first-order valence-electron chi connectivity index (χ1n) is 12.8. The molecule has 0 radical (unpaired) electrons. The van der Waals surface area contributed by atoms with E-state index in [0.29, 0.717) is 30.3 Å². The highest BCUT2D eigenvalue weighted by Gasteiger charge is 2.37. The predicted molar refractivity (Wildman–Crippen MR) is 152 cm³/mol. The zero-order chi connectivity index (χ0) is 27.2. The van der Waals surface area contributed by atoms with Crippen LogP contribution in [0, 0.1) is 5.41 Å². The Labute approximate surface area is 222 Å². The van der Waals surface area contributed by atoms with Crippen molar-refractivity contribution in [3.05, 3.63) is 52.2 Å². The molecule has 0 amide bonds. The SMILES string of the molecule is CC1CN(c2ncccc2Cl)CCN1C(=N)N(O)c1ccc(C(C)(C)C)c(C(C)(C)C)c1C(C)(C)C. The van der Waals surface area contributed by atoms with Gasteiger partial charge in [0.05, 0.1) is 10.7 Å². The van der Waals surface area contributed by atoms with Gasteiger partial charge in [0.1, 0.15) is 5.82 Å². The number of hydroxylamine groups is 1. The molecule has 2 N–H and O–H groups in total. The molecule has 1 fully saturated rings. The summed E-state index contributed by atoms with van der Waals surface area (Å²) in [5, 5.41) is 22.3. The van der Waals surface area contributed by atoms with Crippen LogP contribution in [0.1, 0.15) is 85.9 Å². The van der Waals surface area contributed by atoms with Gasteiger partial charge in [-0.25, -0.2) is 4.98 Å². The van der Waals surface area contributed by atoms with Crippen LogP contribution in [0.25, 0.3) is 0 Å². The standard InChI is InChI=1S/C29H44ClN5O/c1-19-18-33(25-21(30)12-11-15-32-25)16-17-34(19)26(31)35(36)22-14-13-20(27(2,3)4)23(28(5,6)7)24(22)29(8,9)10/h11-15,19,31,36H,16-18H2,1-10H3. The molecule has 198 valence electrons. The fraction of sp³-hybridized carbons (Fsp3) is 0.586. The number of aromatic nitrogens is 1. The molecule has 1 atom stereocenters. The van der Waals surface area contributed by atoms with Crippen molar-refractivity contribution in [3.8, 4) is 0 Å². The average Bonchev–Trinajstić information content (AvgIpc) is 2.75. The molecule has 1 aromatic heterocycles. The van der Waals surface area contributed by atoms with Crippen LogP contribution in [0.3, 0.4) is 0 Å². The number of guanidine groups is 1. The molecular weight excluding hydrogens is 470 g/mol. The van der Waals surface area contributed by atoms with E-state index >= 15 is 0 Å². The van der Waals surface area contributed by atoms with E-state index in [1.165, 1.54) is 11.1 Å². The van der Waals surface area contributed by atoms with E-state index in [0.717, 1.165) is 16.4 Å². The topological polar surface area (TPSA) is 66.7 Å². The summed E-state index contributed by atoms with van der Waals surface area (Å²) in [7, 11) is 0. The van der Waals surface area contributed by atoms with Crippen LogP contribution in [0.4, 0.5) is 11.5 Å². The monoisotopic (exact) mass is 513 g/mol. The highest BCUT2D eigenvalue weighted by atomic mass is 35.5. The third kappa shape index (κ3) is 5.65. The first kappa shape index (κ1) is 28.3. The average molecular weight is 514 g/mol. The summed E-state index contributed by atoms with van der Waals surface area (Å²) in [5.74, 6) is 0.851. The molecule has 0 bridgehead atoms. The Hall–Kier alpha value is -2.31. The van der Waals surface area contributed by atoms with Crippen molar-refractivity contribution in [1.29, 1.82) is 5.41 Å². The van der Waals surface area contributed by atoms with Gasteiger partial charge in [-0.1, -0.05) is 80.0 Å². The maximum atomic E-state index is 11.5. The Morgan fingerprint density at radius 1 is 0.972 bits per heavy atom. The normalized spacial score (nSPS) is 17.4. The molecule has 2 aromatic rings. The molecule has 1 aliphatic heterocycles. The molecule has 2 heterocycles. The summed E-state index contributed by atoms with van der Waals surface area (Å²) in [6, 6.07) is 7.79. The highest BCUT2D eigenvalue weighted by molar-refractivity contribution is 6.32. The second-order valence-corrected chi connectivity index (χ2v) is 13.5. The van der Waals surface area contributed by atoms with Crippen molar-refractivity contribution in [2.45, 2.75) is 91.5 Å². The Morgan fingerprint density at radius 2 is 1.58 bits per heavy atom. The zero-order valence-electron chi connectivity index (χ0n) is 23.7. The van der Waals surface area contributed by atoms with Crippen LogP contribution < -0.4 is 9.96 Å². The van der Waals surface area contributed by atoms with E-state index in [2.05, 4.69) is 85.2 Å². The minimum Gasteiger partial charge on any atom is -0.352 e. The second kappa shape index (κ2) is 9.86. The van der Waals surface area contributed by atoms with Gasteiger partial charge >= 0.3 is 0 Å². The molecule has 0 saturated carbocycles. The molecule has 1 saturated heterocycles. The van der Waals surface area contributed by atoms with Crippen molar-refractivity contribution >= 4 is 29.1 Å². The van der Waals surface area contributed by atoms with Crippen molar-refractivity contribution in [2.24, 2.45) is 0 Å². The van der Waals surface area contributed by atoms with Crippen LogP contribution in [0.15, 0.2) is 30.5 Å². The number of rotatable bonds is 2. The van der Waals surface area contributed by atoms with E-state index < -0.39 is 0 Å². The number of hydrogen-bond acceptors (Lipinski definition) is 4. The lowest BCUT2D eigenvalue weighted by atomic mass is 9.68. The van der Waals surface area contributed by atoms with Gasteiger partial charge in [-0.15, -0.1) is 0 Å². The first-order chi connectivity index (χ1) is 16.4. The van der Waals surface area contributed by atoms with Crippen molar-refractivity contribution in [1.82, 2.24) is 9.88 Å². The smallest absolute Gasteiger partial charge is 0.223 e. The van der Waals surface area contributed by atoms with Crippen molar-refractivity contribution in [2.75, 3.05) is 29.6 Å². The van der Waals surface area contributed by atoms with Gasteiger partial charge in [-0.2, -0.15) is 5.06 Å². The van der Waals surface area contributed by atoms with E-state index in [4.69, 9.17) is 17.0 Å². The van der Waals surface area contributed by atoms with E-state index in [-0.39, 0.29) is 28.2 Å². The van der Waals surface area contributed by atoms with E-state index in [1.54, 1.807) is 6.20 Å². The summed E-state index contributed by atoms with van der Waals surface area (Å²) < 4.78 is 0. The highest BCUT2D eigenvalue weighted by Crippen LogP contribution is 2.45. The third-order valence-corrected chi connectivity index (χ3v) is 7.15. The lowest BCUT2D eigenvalue weighted by Crippen LogP contribution is -2.57. The van der Waals surface area contributed by atoms with Crippen LogP contribution in [0.5, 0.6) is 0 Å². The predicted octanol–water partition coefficient (Wildman–Crippen LogP) is 6.97. The number of halogens is 1. The third-order valence-electron chi connectivity index (χ3n) is 6.86. The first-order valence-corrected chi connectivity index (χ1v) is 13.2. The number of hydrogen-bond donors (Lipinski definition) is 2. The molecule has 1 aliphatic rings.